The Morgan fingerprint density at radius 2 is 2.36 bits per heavy atom. The van der Waals surface area contributed by atoms with Gasteiger partial charge in [-0.1, -0.05) is 6.08 Å². The fraction of sp³-hybridized carbons (Fsp3) is 0.714. The van der Waals surface area contributed by atoms with Gasteiger partial charge in [-0.2, -0.15) is 0 Å². The van der Waals surface area contributed by atoms with Gasteiger partial charge in [-0.3, -0.25) is 0 Å². The van der Waals surface area contributed by atoms with Gasteiger partial charge in [-0.25, -0.2) is 8.42 Å². The summed E-state index contributed by atoms with van der Waals surface area (Å²) >= 11 is 0. The largest absolute Gasteiger partial charge is 0.313 e. The number of hydrogen-bond acceptors (Lipinski definition) is 3. The third kappa shape index (κ3) is 3.53. The average molecular weight is 175 g/mol. The van der Waals surface area contributed by atoms with Gasteiger partial charge in [0.05, 0.1) is 5.75 Å². The predicted octanol–water partition coefficient (Wildman–Crippen LogP) is -0.0493. The highest BCUT2D eigenvalue weighted by molar-refractivity contribution is 7.90. The molecule has 0 saturated heterocycles. The second-order valence-electron chi connectivity index (χ2n) is 2.90. The Labute approximate surface area is 67.4 Å². The van der Waals surface area contributed by atoms with Gasteiger partial charge in [0.2, 0.25) is 0 Å². The summed E-state index contributed by atoms with van der Waals surface area (Å²) in [7, 11) is -2.83. The SMILES string of the molecule is CS(=O)(=O)CC1=CCCNC1. The quantitative estimate of drug-likeness (QED) is 0.599. The van der Waals surface area contributed by atoms with E-state index in [0.29, 0.717) is 0 Å². The standard InChI is InChI=1S/C7H13NO2S/c1-11(9,10)6-7-3-2-4-8-5-7/h3,8H,2,4-6H2,1H3. The van der Waals surface area contributed by atoms with Crippen molar-refractivity contribution in [2.24, 2.45) is 0 Å². The van der Waals surface area contributed by atoms with Gasteiger partial charge in [0.15, 0.2) is 9.84 Å². The van der Waals surface area contributed by atoms with E-state index in [2.05, 4.69) is 5.32 Å². The molecule has 0 fully saturated rings. The van der Waals surface area contributed by atoms with Gasteiger partial charge >= 0.3 is 0 Å². The highest BCUT2D eigenvalue weighted by Gasteiger charge is 2.08. The first-order valence-corrected chi connectivity index (χ1v) is 5.70. The second-order valence-corrected chi connectivity index (χ2v) is 5.04. The molecule has 1 aliphatic heterocycles. The number of nitrogens with one attached hydrogen (secondary N) is 1. The summed E-state index contributed by atoms with van der Waals surface area (Å²) in [5.41, 5.74) is 0.999. The summed E-state index contributed by atoms with van der Waals surface area (Å²) in [6.07, 6.45) is 4.23. The Kier molecular flexibility index (Phi) is 2.67. The molecule has 0 aromatic rings. The monoisotopic (exact) mass is 175 g/mol. The fourth-order valence-corrected chi connectivity index (χ4v) is 2.04. The van der Waals surface area contributed by atoms with E-state index in [4.69, 9.17) is 0 Å². The lowest BCUT2D eigenvalue weighted by Crippen LogP contribution is -2.25. The summed E-state index contributed by atoms with van der Waals surface area (Å²) in [5, 5.41) is 3.12. The van der Waals surface area contributed by atoms with Crippen molar-refractivity contribution < 1.29 is 8.42 Å². The average Bonchev–Trinajstić information content (AvgIpc) is 1.85. The summed E-state index contributed by atoms with van der Waals surface area (Å²) in [4.78, 5) is 0. The molecule has 64 valence electrons. The van der Waals surface area contributed by atoms with E-state index in [-0.39, 0.29) is 5.75 Å². The van der Waals surface area contributed by atoms with Crippen molar-refractivity contribution in [1.29, 1.82) is 0 Å². The minimum absolute atomic E-state index is 0.208. The summed E-state index contributed by atoms with van der Waals surface area (Å²) in [6.45, 7) is 1.69. The lowest BCUT2D eigenvalue weighted by atomic mass is 10.2. The van der Waals surface area contributed by atoms with E-state index in [1.807, 2.05) is 6.08 Å². The third-order valence-electron chi connectivity index (χ3n) is 1.55. The number of rotatable bonds is 2. The number of hydrogen-bond donors (Lipinski definition) is 1. The molecule has 1 N–H and O–H groups in total. The normalized spacial score (nSPS) is 19.5. The first-order chi connectivity index (χ1) is 5.08. The zero-order valence-corrected chi connectivity index (χ0v) is 7.45. The first-order valence-electron chi connectivity index (χ1n) is 3.64. The van der Waals surface area contributed by atoms with E-state index in [1.54, 1.807) is 0 Å². The molecule has 0 radical (unpaired) electrons. The van der Waals surface area contributed by atoms with Gasteiger partial charge in [0.25, 0.3) is 0 Å². The van der Waals surface area contributed by atoms with Crippen molar-refractivity contribution >= 4 is 9.84 Å². The van der Waals surface area contributed by atoms with E-state index >= 15 is 0 Å². The third-order valence-corrected chi connectivity index (χ3v) is 2.45. The van der Waals surface area contributed by atoms with E-state index in [9.17, 15) is 8.42 Å². The van der Waals surface area contributed by atoms with Crippen LogP contribution in [-0.2, 0) is 9.84 Å². The van der Waals surface area contributed by atoms with Crippen LogP contribution in [0.5, 0.6) is 0 Å². The van der Waals surface area contributed by atoms with Crippen LogP contribution >= 0.6 is 0 Å². The first kappa shape index (κ1) is 8.74. The van der Waals surface area contributed by atoms with Crippen LogP contribution in [0.1, 0.15) is 6.42 Å². The molecule has 0 atom stereocenters. The molecule has 0 aromatic carbocycles. The molecule has 1 heterocycles. The van der Waals surface area contributed by atoms with Crippen LogP contribution in [-0.4, -0.2) is 33.5 Å². The molecule has 0 amide bonds. The van der Waals surface area contributed by atoms with E-state index < -0.39 is 9.84 Å². The minimum atomic E-state index is -2.83. The Balaban J connectivity index is 2.55. The molecule has 1 aliphatic rings. The molecule has 0 spiro atoms. The van der Waals surface area contributed by atoms with Crippen LogP contribution in [0.25, 0.3) is 0 Å². The van der Waals surface area contributed by atoms with Gasteiger partial charge in [-0.15, -0.1) is 0 Å². The maximum Gasteiger partial charge on any atom is 0.151 e. The summed E-state index contributed by atoms with van der Waals surface area (Å²) < 4.78 is 21.7. The fourth-order valence-electron chi connectivity index (χ4n) is 1.15. The van der Waals surface area contributed by atoms with E-state index in [0.717, 1.165) is 25.1 Å². The maximum absolute atomic E-state index is 10.8. The Hall–Kier alpha value is -0.350. The van der Waals surface area contributed by atoms with Gasteiger partial charge < -0.3 is 5.32 Å². The molecule has 0 aromatic heterocycles. The highest BCUT2D eigenvalue weighted by atomic mass is 32.2. The van der Waals surface area contributed by atoms with Crippen LogP contribution < -0.4 is 5.32 Å². The lowest BCUT2D eigenvalue weighted by Gasteiger charge is -2.12. The lowest BCUT2D eigenvalue weighted by molar-refractivity contribution is 0.601. The topological polar surface area (TPSA) is 46.2 Å². The highest BCUT2D eigenvalue weighted by Crippen LogP contribution is 2.03. The van der Waals surface area contributed by atoms with Crippen LogP contribution in [0.15, 0.2) is 11.6 Å². The van der Waals surface area contributed by atoms with Crippen molar-refractivity contribution in [3.63, 3.8) is 0 Å². The number of sulfone groups is 1. The molecular formula is C7H13NO2S. The minimum Gasteiger partial charge on any atom is -0.313 e. The molecular weight excluding hydrogens is 162 g/mol. The Morgan fingerprint density at radius 3 is 2.82 bits per heavy atom. The van der Waals surface area contributed by atoms with Gasteiger partial charge in [0, 0.05) is 12.8 Å². The van der Waals surface area contributed by atoms with Crippen LogP contribution in [0.4, 0.5) is 0 Å². The molecule has 3 nitrogen and oxygen atoms in total. The van der Waals surface area contributed by atoms with Gasteiger partial charge in [0.1, 0.15) is 0 Å². The van der Waals surface area contributed by atoms with Crippen molar-refractivity contribution in [3.8, 4) is 0 Å². The van der Waals surface area contributed by atoms with Crippen molar-refractivity contribution in [2.75, 3.05) is 25.1 Å². The second kappa shape index (κ2) is 3.36. The zero-order valence-electron chi connectivity index (χ0n) is 6.63. The smallest absolute Gasteiger partial charge is 0.151 e. The Bertz CT molecular complexity index is 254. The van der Waals surface area contributed by atoms with Crippen molar-refractivity contribution in [2.45, 2.75) is 6.42 Å². The van der Waals surface area contributed by atoms with Crippen molar-refractivity contribution in [3.05, 3.63) is 11.6 Å². The predicted molar refractivity (Wildman–Crippen MR) is 45.3 cm³/mol. The van der Waals surface area contributed by atoms with Gasteiger partial charge in [-0.05, 0) is 18.5 Å². The molecule has 0 bridgehead atoms. The zero-order chi connectivity index (χ0) is 8.32. The van der Waals surface area contributed by atoms with Crippen LogP contribution in [0, 0.1) is 0 Å². The van der Waals surface area contributed by atoms with Crippen molar-refractivity contribution in [1.82, 2.24) is 5.32 Å². The molecule has 0 saturated carbocycles. The summed E-state index contributed by atoms with van der Waals surface area (Å²) in [5.74, 6) is 0.208. The molecule has 4 heteroatoms. The maximum atomic E-state index is 10.8. The van der Waals surface area contributed by atoms with E-state index in [1.165, 1.54) is 6.26 Å². The molecule has 0 unspecified atom stereocenters. The Morgan fingerprint density at radius 1 is 1.64 bits per heavy atom. The summed E-state index contributed by atoms with van der Waals surface area (Å²) in [6, 6.07) is 0. The molecule has 1 rings (SSSR count). The van der Waals surface area contributed by atoms with Crippen LogP contribution in [0.3, 0.4) is 0 Å². The molecule has 11 heavy (non-hydrogen) atoms. The molecule has 0 aliphatic carbocycles. The van der Waals surface area contributed by atoms with Crippen LogP contribution in [0.2, 0.25) is 0 Å².